The minimum Gasteiger partial charge on any atom is -0.469 e. The molecular weight excluding hydrogens is 245 g/mol. The van der Waals surface area contributed by atoms with E-state index in [1.165, 1.54) is 6.26 Å². The lowest BCUT2D eigenvalue weighted by molar-refractivity contribution is -0.206. The van der Waals surface area contributed by atoms with Crippen LogP contribution in [0.1, 0.15) is 31.4 Å². The molecule has 2 nitrogen and oxygen atoms in total. The Morgan fingerprint density at radius 2 is 2.06 bits per heavy atom. The van der Waals surface area contributed by atoms with Crippen molar-refractivity contribution < 1.29 is 22.7 Å². The molecule has 0 aliphatic heterocycles. The summed E-state index contributed by atoms with van der Waals surface area (Å²) in [5, 5.41) is 10.0. The Balaban J connectivity index is 2.04. The van der Waals surface area contributed by atoms with Crippen molar-refractivity contribution in [3.8, 4) is 0 Å². The van der Waals surface area contributed by atoms with Crippen LogP contribution in [0.3, 0.4) is 0 Å². The molecule has 2 rings (SSSR count). The van der Waals surface area contributed by atoms with Gasteiger partial charge >= 0.3 is 6.18 Å². The molecule has 0 spiro atoms. The molecule has 0 amide bonds. The second-order valence-electron chi connectivity index (χ2n) is 4.95. The van der Waals surface area contributed by atoms with Crippen molar-refractivity contribution in [3.05, 3.63) is 24.2 Å². The van der Waals surface area contributed by atoms with Gasteiger partial charge in [-0.05, 0) is 30.9 Å². The van der Waals surface area contributed by atoms with Gasteiger partial charge in [-0.1, -0.05) is 12.8 Å². The van der Waals surface area contributed by atoms with E-state index in [2.05, 4.69) is 0 Å². The molecule has 0 bridgehead atoms. The van der Waals surface area contributed by atoms with Crippen LogP contribution in [-0.2, 0) is 6.42 Å². The van der Waals surface area contributed by atoms with Crippen LogP contribution in [0.5, 0.6) is 0 Å². The third kappa shape index (κ3) is 3.07. The minimum absolute atomic E-state index is 0.128. The van der Waals surface area contributed by atoms with Gasteiger partial charge in [-0.2, -0.15) is 13.2 Å². The maximum Gasteiger partial charge on any atom is 0.392 e. The van der Waals surface area contributed by atoms with E-state index in [1.807, 2.05) is 0 Å². The average Bonchev–Trinajstić information content (AvgIpc) is 2.80. The van der Waals surface area contributed by atoms with E-state index in [-0.39, 0.29) is 12.8 Å². The summed E-state index contributed by atoms with van der Waals surface area (Å²) < 4.78 is 43.8. The Morgan fingerprint density at radius 3 is 2.67 bits per heavy atom. The predicted octanol–water partition coefficient (Wildman–Crippen LogP) is 3.55. The Labute approximate surface area is 104 Å². The van der Waals surface area contributed by atoms with Crippen LogP contribution in [0.2, 0.25) is 0 Å². The highest BCUT2D eigenvalue weighted by molar-refractivity contribution is 5.01. The van der Waals surface area contributed by atoms with Crippen molar-refractivity contribution >= 4 is 0 Å². The highest BCUT2D eigenvalue weighted by Crippen LogP contribution is 2.43. The molecule has 0 saturated heterocycles. The van der Waals surface area contributed by atoms with Gasteiger partial charge in [-0.15, -0.1) is 0 Å². The zero-order valence-corrected chi connectivity index (χ0v) is 9.99. The van der Waals surface area contributed by atoms with Crippen LogP contribution < -0.4 is 0 Å². The van der Waals surface area contributed by atoms with Gasteiger partial charge in [-0.3, -0.25) is 0 Å². The summed E-state index contributed by atoms with van der Waals surface area (Å²) in [7, 11) is 0. The first-order valence-electron chi connectivity index (χ1n) is 6.25. The summed E-state index contributed by atoms with van der Waals surface area (Å²) >= 11 is 0. The van der Waals surface area contributed by atoms with Crippen molar-refractivity contribution in [1.29, 1.82) is 0 Å². The molecule has 0 radical (unpaired) electrons. The summed E-state index contributed by atoms with van der Waals surface area (Å²) in [6, 6.07) is 3.35. The number of alkyl halides is 3. The van der Waals surface area contributed by atoms with Crippen LogP contribution in [0.25, 0.3) is 0 Å². The van der Waals surface area contributed by atoms with E-state index in [1.54, 1.807) is 12.1 Å². The number of aliphatic hydroxyl groups is 1. The van der Waals surface area contributed by atoms with Crippen molar-refractivity contribution in [1.82, 2.24) is 0 Å². The van der Waals surface area contributed by atoms with Crippen molar-refractivity contribution in [3.63, 3.8) is 0 Å². The summed E-state index contributed by atoms with van der Waals surface area (Å²) in [5.74, 6) is -1.55. The molecular formula is C13H17F3O2. The van der Waals surface area contributed by atoms with Gasteiger partial charge in [0, 0.05) is 6.42 Å². The van der Waals surface area contributed by atoms with E-state index in [0.717, 1.165) is 6.42 Å². The molecule has 1 heterocycles. The van der Waals surface area contributed by atoms with E-state index >= 15 is 0 Å². The molecule has 5 heteroatoms. The van der Waals surface area contributed by atoms with Gasteiger partial charge < -0.3 is 9.52 Å². The van der Waals surface area contributed by atoms with E-state index < -0.39 is 24.1 Å². The average molecular weight is 262 g/mol. The fraction of sp³-hybridized carbons (Fsp3) is 0.692. The molecule has 3 atom stereocenters. The standard InChI is InChI=1S/C13H17F3O2/c14-13(15,16)11-6-2-1-5-10(11)12(17)8-9-4-3-7-18-9/h3-4,7,10-12,17H,1-2,5-6,8H2. The number of furan rings is 1. The van der Waals surface area contributed by atoms with Crippen LogP contribution in [0.15, 0.2) is 22.8 Å². The lowest BCUT2D eigenvalue weighted by Gasteiger charge is -2.35. The zero-order chi connectivity index (χ0) is 13.2. The number of aliphatic hydroxyl groups excluding tert-OH is 1. The Hall–Kier alpha value is -0.970. The predicted molar refractivity (Wildman–Crippen MR) is 59.9 cm³/mol. The second-order valence-corrected chi connectivity index (χ2v) is 4.95. The molecule has 18 heavy (non-hydrogen) atoms. The molecule has 3 unspecified atom stereocenters. The lowest BCUT2D eigenvalue weighted by atomic mass is 9.75. The van der Waals surface area contributed by atoms with Gasteiger partial charge in [0.25, 0.3) is 0 Å². The lowest BCUT2D eigenvalue weighted by Crippen LogP contribution is -2.40. The monoisotopic (exact) mass is 262 g/mol. The minimum atomic E-state index is -4.21. The molecule has 0 aromatic carbocycles. The summed E-state index contributed by atoms with van der Waals surface area (Å²) in [5.41, 5.74) is 0. The molecule has 1 N–H and O–H groups in total. The fourth-order valence-electron chi connectivity index (χ4n) is 2.81. The number of hydrogen-bond donors (Lipinski definition) is 1. The first kappa shape index (κ1) is 13.5. The van der Waals surface area contributed by atoms with Crippen molar-refractivity contribution in [2.24, 2.45) is 11.8 Å². The third-order valence-electron chi connectivity index (χ3n) is 3.72. The first-order valence-corrected chi connectivity index (χ1v) is 6.25. The van der Waals surface area contributed by atoms with Crippen molar-refractivity contribution in [2.45, 2.75) is 44.4 Å². The Morgan fingerprint density at radius 1 is 1.33 bits per heavy atom. The van der Waals surface area contributed by atoms with Gasteiger partial charge in [0.05, 0.1) is 18.3 Å². The van der Waals surface area contributed by atoms with Crippen LogP contribution in [0, 0.1) is 11.8 Å². The summed E-state index contributed by atoms with van der Waals surface area (Å²) in [6.45, 7) is 0. The molecule has 1 aromatic rings. The summed E-state index contributed by atoms with van der Waals surface area (Å²) in [4.78, 5) is 0. The quantitative estimate of drug-likeness (QED) is 0.903. The fourth-order valence-corrected chi connectivity index (χ4v) is 2.81. The molecule has 102 valence electrons. The normalized spacial score (nSPS) is 27.1. The molecule has 1 aliphatic rings. The highest BCUT2D eigenvalue weighted by atomic mass is 19.4. The first-order chi connectivity index (χ1) is 8.48. The van der Waals surface area contributed by atoms with E-state index in [0.29, 0.717) is 18.6 Å². The van der Waals surface area contributed by atoms with Gasteiger partial charge in [0.1, 0.15) is 5.76 Å². The second kappa shape index (κ2) is 5.34. The molecule has 1 saturated carbocycles. The third-order valence-corrected chi connectivity index (χ3v) is 3.72. The SMILES string of the molecule is OC(Cc1ccco1)C1CCCCC1C(F)(F)F. The van der Waals surface area contributed by atoms with Crippen molar-refractivity contribution in [2.75, 3.05) is 0 Å². The smallest absolute Gasteiger partial charge is 0.392 e. The highest BCUT2D eigenvalue weighted by Gasteiger charge is 2.47. The zero-order valence-electron chi connectivity index (χ0n) is 9.99. The largest absolute Gasteiger partial charge is 0.469 e. The van der Waals surface area contributed by atoms with Crippen LogP contribution in [0.4, 0.5) is 13.2 Å². The van der Waals surface area contributed by atoms with Crippen LogP contribution >= 0.6 is 0 Å². The summed E-state index contributed by atoms with van der Waals surface area (Å²) in [6.07, 6.45) is -1.66. The molecule has 1 aliphatic carbocycles. The van der Waals surface area contributed by atoms with E-state index in [4.69, 9.17) is 4.42 Å². The van der Waals surface area contributed by atoms with Gasteiger partial charge in [0.15, 0.2) is 0 Å². The number of hydrogen-bond acceptors (Lipinski definition) is 2. The maximum absolute atomic E-state index is 12.9. The molecule has 1 fully saturated rings. The number of rotatable bonds is 3. The molecule has 1 aromatic heterocycles. The Bertz CT molecular complexity index is 359. The van der Waals surface area contributed by atoms with Crippen LogP contribution in [-0.4, -0.2) is 17.4 Å². The Kier molecular flexibility index (Phi) is 4.00. The topological polar surface area (TPSA) is 33.4 Å². The van der Waals surface area contributed by atoms with E-state index in [9.17, 15) is 18.3 Å². The number of halogens is 3. The van der Waals surface area contributed by atoms with Gasteiger partial charge in [-0.25, -0.2) is 0 Å². The maximum atomic E-state index is 12.9. The van der Waals surface area contributed by atoms with Gasteiger partial charge in [0.2, 0.25) is 0 Å².